The van der Waals surface area contributed by atoms with E-state index in [1.54, 1.807) is 0 Å². The molecule has 0 aliphatic carbocycles. The van der Waals surface area contributed by atoms with Crippen LogP contribution >= 0.6 is 24.8 Å². The monoisotopic (exact) mass is 174 g/mol. The molecule has 0 fully saturated rings. The van der Waals surface area contributed by atoms with Crippen LogP contribution in [0, 0.1) is 4.64 Å². The lowest BCUT2D eigenvalue weighted by Crippen LogP contribution is -1.90. The number of nitrogens with zero attached hydrogens (tertiary/aromatic N) is 1. The molecule has 0 saturated carbocycles. The lowest BCUT2D eigenvalue weighted by molar-refractivity contribution is 0.396. The first-order valence-electron chi connectivity index (χ1n) is 2.56. The molecule has 10 heavy (non-hydrogen) atoms. The molecule has 0 bridgehead atoms. The summed E-state index contributed by atoms with van der Waals surface area (Å²) in [4.78, 5) is 6.55. The van der Waals surface area contributed by atoms with Crippen LogP contribution in [0.15, 0.2) is 11.4 Å². The number of H-pyrrole nitrogens is 1. The Hall–Kier alpha value is -0.550. The summed E-state index contributed by atoms with van der Waals surface area (Å²) in [5.41, 5.74) is 0. The maximum Gasteiger partial charge on any atom is 0.185 e. The largest absolute Gasteiger partial charge is 0.491 e. The minimum Gasteiger partial charge on any atom is -0.491 e. The van der Waals surface area contributed by atoms with Crippen molar-refractivity contribution in [2.75, 3.05) is 7.11 Å². The van der Waals surface area contributed by atoms with Crippen molar-refractivity contribution < 1.29 is 4.74 Å². The van der Waals surface area contributed by atoms with E-state index < -0.39 is 0 Å². The minimum absolute atomic E-state index is 0.506. The number of rotatable bonds is 1. The van der Waals surface area contributed by atoms with Crippen LogP contribution in [0.25, 0.3) is 0 Å². The second-order valence-electron chi connectivity index (χ2n) is 1.59. The molecule has 1 N–H and O–H groups in total. The second kappa shape index (κ2) is 3.03. The van der Waals surface area contributed by atoms with E-state index >= 15 is 0 Å². The average Bonchev–Trinajstić information content (AvgIpc) is 1.88. The summed E-state index contributed by atoms with van der Waals surface area (Å²) in [5.74, 6) is 0.515. The molecular weight excluding hydrogens is 168 g/mol. The molecule has 1 rings (SSSR count). The number of aromatic amines is 1. The third-order valence-electron chi connectivity index (χ3n) is 0.996. The molecule has 0 unspecified atom stereocenters. The van der Waals surface area contributed by atoms with Gasteiger partial charge < -0.3 is 9.72 Å². The molecule has 0 amide bonds. The number of methoxy groups -OCH3 is 1. The van der Waals surface area contributed by atoms with E-state index in [0.29, 0.717) is 15.4 Å². The molecule has 0 atom stereocenters. The Morgan fingerprint density at radius 1 is 1.80 bits per heavy atom. The Balaban J connectivity index is 3.31. The highest BCUT2D eigenvalue weighted by Gasteiger charge is 1.99. The van der Waals surface area contributed by atoms with E-state index in [9.17, 15) is 0 Å². The minimum atomic E-state index is 0.506. The molecule has 0 aromatic carbocycles. The van der Waals surface area contributed by atoms with Gasteiger partial charge in [0.25, 0.3) is 0 Å². The summed E-state index contributed by atoms with van der Waals surface area (Å²) in [5, 5.41) is 0.506. The Morgan fingerprint density at radius 3 is 2.90 bits per heavy atom. The summed E-state index contributed by atoms with van der Waals surface area (Å²) in [6.45, 7) is 0. The van der Waals surface area contributed by atoms with Gasteiger partial charge >= 0.3 is 0 Å². The molecule has 54 valence electrons. The van der Waals surface area contributed by atoms with Crippen molar-refractivity contribution in [1.82, 2.24) is 9.97 Å². The van der Waals surface area contributed by atoms with Crippen molar-refractivity contribution in [2.45, 2.75) is 5.03 Å². The van der Waals surface area contributed by atoms with Gasteiger partial charge in [0.1, 0.15) is 9.67 Å². The van der Waals surface area contributed by atoms with Crippen molar-refractivity contribution in [3.63, 3.8) is 0 Å². The van der Waals surface area contributed by atoms with Crippen LogP contribution < -0.4 is 4.74 Å². The standard InChI is InChI=1S/C5H6N2OS2/c1-8-3-4(9)6-2-7-5(3)10/h2H,1H3,(H2,6,7,9,10). The van der Waals surface area contributed by atoms with Crippen LogP contribution in [0.1, 0.15) is 0 Å². The van der Waals surface area contributed by atoms with Gasteiger partial charge in [0.2, 0.25) is 0 Å². The SMILES string of the molecule is COc1c(S)nc[nH]c1=S. The average molecular weight is 174 g/mol. The summed E-state index contributed by atoms with van der Waals surface area (Å²) < 4.78 is 5.42. The topological polar surface area (TPSA) is 37.9 Å². The van der Waals surface area contributed by atoms with E-state index in [4.69, 9.17) is 17.0 Å². The number of aromatic nitrogens is 2. The smallest absolute Gasteiger partial charge is 0.185 e. The first-order valence-corrected chi connectivity index (χ1v) is 3.42. The van der Waals surface area contributed by atoms with Crippen LogP contribution in [-0.4, -0.2) is 17.1 Å². The van der Waals surface area contributed by atoms with E-state index in [-0.39, 0.29) is 0 Å². The number of nitrogens with one attached hydrogen (secondary N) is 1. The zero-order valence-electron chi connectivity index (χ0n) is 5.29. The predicted molar refractivity (Wildman–Crippen MR) is 43.2 cm³/mol. The van der Waals surface area contributed by atoms with Gasteiger partial charge in [-0.3, -0.25) is 0 Å². The van der Waals surface area contributed by atoms with Crippen LogP contribution in [0.2, 0.25) is 0 Å². The maximum atomic E-state index is 4.90. The van der Waals surface area contributed by atoms with Crippen LogP contribution in [-0.2, 0) is 0 Å². The van der Waals surface area contributed by atoms with E-state index in [1.807, 2.05) is 0 Å². The molecule has 1 aromatic rings. The Kier molecular flexibility index (Phi) is 2.29. The zero-order valence-corrected chi connectivity index (χ0v) is 7.00. The van der Waals surface area contributed by atoms with Crippen molar-refractivity contribution in [2.24, 2.45) is 0 Å². The van der Waals surface area contributed by atoms with Crippen molar-refractivity contribution >= 4 is 24.8 Å². The first-order chi connectivity index (χ1) is 4.75. The van der Waals surface area contributed by atoms with Crippen LogP contribution in [0.3, 0.4) is 0 Å². The van der Waals surface area contributed by atoms with Gasteiger partial charge in [-0.15, -0.1) is 12.6 Å². The molecule has 0 radical (unpaired) electrons. The number of ether oxygens (including phenoxy) is 1. The number of hydrogen-bond acceptors (Lipinski definition) is 4. The van der Waals surface area contributed by atoms with Crippen molar-refractivity contribution in [3.8, 4) is 5.75 Å². The zero-order chi connectivity index (χ0) is 7.56. The molecule has 0 aliphatic rings. The highest BCUT2D eigenvalue weighted by atomic mass is 32.1. The normalized spacial score (nSPS) is 9.40. The van der Waals surface area contributed by atoms with Crippen molar-refractivity contribution in [3.05, 3.63) is 11.0 Å². The first kappa shape index (κ1) is 7.56. The predicted octanol–water partition coefficient (Wildman–Crippen LogP) is 1.44. The van der Waals surface area contributed by atoms with Crippen LogP contribution in [0.5, 0.6) is 5.75 Å². The maximum absolute atomic E-state index is 4.90. The summed E-state index contributed by atoms with van der Waals surface area (Å²) in [7, 11) is 1.53. The molecule has 3 nitrogen and oxygen atoms in total. The van der Waals surface area contributed by atoms with Crippen molar-refractivity contribution in [1.29, 1.82) is 0 Å². The van der Waals surface area contributed by atoms with Gasteiger partial charge in [-0.05, 0) is 0 Å². The van der Waals surface area contributed by atoms with Gasteiger partial charge in [0.15, 0.2) is 5.75 Å². The molecule has 0 aliphatic heterocycles. The van der Waals surface area contributed by atoms with Gasteiger partial charge in [-0.1, -0.05) is 12.2 Å². The fourth-order valence-electron chi connectivity index (χ4n) is 0.562. The van der Waals surface area contributed by atoms with E-state index in [1.165, 1.54) is 13.4 Å². The fourth-order valence-corrected chi connectivity index (χ4v) is 1.13. The molecule has 1 heterocycles. The quantitative estimate of drug-likeness (QED) is 0.384. The van der Waals surface area contributed by atoms with Gasteiger partial charge in [-0.2, -0.15) is 0 Å². The second-order valence-corrected chi connectivity index (χ2v) is 2.42. The fraction of sp³-hybridized carbons (Fsp3) is 0.200. The van der Waals surface area contributed by atoms with Gasteiger partial charge in [-0.25, -0.2) is 4.98 Å². The molecule has 0 spiro atoms. The van der Waals surface area contributed by atoms with Gasteiger partial charge in [0.05, 0.1) is 13.4 Å². The Labute approximate surface area is 68.9 Å². The highest BCUT2D eigenvalue weighted by molar-refractivity contribution is 7.80. The Bertz CT molecular complexity index is 283. The summed E-state index contributed by atoms with van der Waals surface area (Å²) in [6.07, 6.45) is 1.48. The lowest BCUT2D eigenvalue weighted by atomic mass is 10.6. The third-order valence-corrected chi connectivity index (χ3v) is 1.62. The Morgan fingerprint density at radius 2 is 2.50 bits per heavy atom. The lowest BCUT2D eigenvalue weighted by Gasteiger charge is -1.99. The molecule has 0 saturated heterocycles. The number of hydrogen-bond donors (Lipinski definition) is 2. The molecule has 1 aromatic heterocycles. The summed E-state index contributed by atoms with van der Waals surface area (Å²) >= 11 is 8.89. The molecule has 5 heteroatoms. The number of thiol groups is 1. The highest BCUT2D eigenvalue weighted by Crippen LogP contribution is 2.18. The third kappa shape index (κ3) is 1.30. The van der Waals surface area contributed by atoms with E-state index in [0.717, 1.165) is 0 Å². The summed E-state index contributed by atoms with van der Waals surface area (Å²) in [6, 6.07) is 0. The van der Waals surface area contributed by atoms with E-state index in [2.05, 4.69) is 22.6 Å². The molecular formula is C5H6N2OS2. The van der Waals surface area contributed by atoms with Crippen LogP contribution in [0.4, 0.5) is 0 Å². The van der Waals surface area contributed by atoms with Gasteiger partial charge in [0, 0.05) is 0 Å².